The number of ether oxygens (including phenoxy) is 2. The molecule has 1 N–H and O–H groups in total. The van der Waals surface area contributed by atoms with E-state index in [2.05, 4.69) is 0 Å². The molecule has 0 saturated heterocycles. The molecule has 4 heteroatoms. The minimum atomic E-state index is -1.51. The summed E-state index contributed by atoms with van der Waals surface area (Å²) in [6.45, 7) is 5.28. The fourth-order valence-corrected chi connectivity index (χ4v) is 2.35. The second kappa shape index (κ2) is 9.32. The summed E-state index contributed by atoms with van der Waals surface area (Å²) >= 11 is 0. The fraction of sp³-hybridized carbons (Fsp3) is 0.318. The Bertz CT molecular complexity index is 709. The summed E-state index contributed by atoms with van der Waals surface area (Å²) in [6, 6.07) is 19.1. The number of benzene rings is 2. The summed E-state index contributed by atoms with van der Waals surface area (Å²) in [4.78, 5) is 12.6. The van der Waals surface area contributed by atoms with Crippen molar-refractivity contribution in [2.75, 3.05) is 0 Å². The second-order valence-electron chi connectivity index (χ2n) is 6.55. The van der Waals surface area contributed by atoms with Gasteiger partial charge in [-0.25, -0.2) is 4.79 Å². The molecule has 138 valence electrons. The normalized spacial score (nSPS) is 15.0. The molecular weight excluding hydrogens is 328 g/mol. The van der Waals surface area contributed by atoms with Gasteiger partial charge in [0.25, 0.3) is 0 Å². The zero-order valence-electron chi connectivity index (χ0n) is 15.5. The summed E-state index contributed by atoms with van der Waals surface area (Å²) in [6.07, 6.45) is 1.87. The molecule has 0 aliphatic rings. The first kappa shape index (κ1) is 19.9. The molecule has 4 nitrogen and oxygen atoms in total. The molecule has 2 aromatic rings. The van der Waals surface area contributed by atoms with E-state index < -0.39 is 17.7 Å². The van der Waals surface area contributed by atoms with E-state index in [1.54, 1.807) is 32.9 Å². The predicted octanol–water partition coefficient (Wildman–Crippen LogP) is 3.99. The number of carbonyl (C=O) groups is 1. The molecule has 0 aliphatic carbocycles. The standard InChI is InChI=1S/C22H26O4/c1-17(2)26-21(24)22(3,25-16-19-12-8-5-9-13-19)20(23)15-14-18-10-6-4-7-11-18/h4-15,17,20,23H,16H2,1-3H3/b15-14+/t20-,22+/m1/s1. The molecule has 0 aromatic heterocycles. The van der Waals surface area contributed by atoms with Gasteiger partial charge in [0.15, 0.2) is 5.60 Å². The summed E-state index contributed by atoms with van der Waals surface area (Å²) in [5, 5.41) is 10.7. The lowest BCUT2D eigenvalue weighted by atomic mass is 9.97. The smallest absolute Gasteiger partial charge is 0.341 e. The van der Waals surface area contributed by atoms with Gasteiger partial charge < -0.3 is 14.6 Å². The predicted molar refractivity (Wildman–Crippen MR) is 102 cm³/mol. The SMILES string of the molecule is CC(C)OC(=O)[C@@](C)(OCc1ccccc1)[C@H](O)/C=C/c1ccccc1. The van der Waals surface area contributed by atoms with Gasteiger partial charge in [0.05, 0.1) is 12.7 Å². The Hall–Kier alpha value is -2.43. The van der Waals surface area contributed by atoms with Gasteiger partial charge in [-0.05, 0) is 31.9 Å². The van der Waals surface area contributed by atoms with E-state index >= 15 is 0 Å². The van der Waals surface area contributed by atoms with Crippen molar-refractivity contribution in [2.45, 2.75) is 45.2 Å². The first-order valence-electron chi connectivity index (χ1n) is 8.72. The summed E-state index contributed by atoms with van der Waals surface area (Å²) in [5.74, 6) is -0.589. The highest BCUT2D eigenvalue weighted by Gasteiger charge is 2.42. The maximum atomic E-state index is 12.6. The number of carbonyl (C=O) groups excluding carboxylic acids is 1. The molecule has 0 bridgehead atoms. The van der Waals surface area contributed by atoms with Crippen LogP contribution in [0.4, 0.5) is 0 Å². The van der Waals surface area contributed by atoms with E-state index in [0.29, 0.717) is 0 Å². The van der Waals surface area contributed by atoms with E-state index in [-0.39, 0.29) is 12.7 Å². The third-order valence-electron chi connectivity index (χ3n) is 3.96. The Morgan fingerprint density at radius 2 is 1.65 bits per heavy atom. The van der Waals surface area contributed by atoms with Crippen molar-refractivity contribution < 1.29 is 19.4 Å². The monoisotopic (exact) mass is 354 g/mol. The number of esters is 1. The topological polar surface area (TPSA) is 55.8 Å². The summed E-state index contributed by atoms with van der Waals surface area (Å²) < 4.78 is 11.2. The Morgan fingerprint density at radius 3 is 2.23 bits per heavy atom. The Labute approximate surface area is 155 Å². The average molecular weight is 354 g/mol. The lowest BCUT2D eigenvalue weighted by Crippen LogP contribution is -2.50. The molecule has 0 unspecified atom stereocenters. The zero-order chi connectivity index (χ0) is 19.0. The van der Waals surface area contributed by atoms with Crippen LogP contribution in [0.3, 0.4) is 0 Å². The molecule has 0 aliphatic heterocycles. The molecule has 2 aromatic carbocycles. The van der Waals surface area contributed by atoms with Crippen molar-refractivity contribution in [1.29, 1.82) is 0 Å². The van der Waals surface area contributed by atoms with Crippen LogP contribution in [0.5, 0.6) is 0 Å². The van der Waals surface area contributed by atoms with E-state index in [0.717, 1.165) is 11.1 Å². The van der Waals surface area contributed by atoms with Crippen molar-refractivity contribution in [3.05, 3.63) is 77.9 Å². The molecule has 2 atom stereocenters. The van der Waals surface area contributed by atoms with E-state index in [1.165, 1.54) is 0 Å². The number of aliphatic hydroxyl groups excluding tert-OH is 1. The van der Waals surface area contributed by atoms with Crippen LogP contribution in [0.15, 0.2) is 66.7 Å². The van der Waals surface area contributed by atoms with Gasteiger partial charge in [0.1, 0.15) is 6.10 Å². The maximum Gasteiger partial charge on any atom is 0.341 e. The van der Waals surface area contributed by atoms with Gasteiger partial charge >= 0.3 is 5.97 Å². The van der Waals surface area contributed by atoms with Crippen LogP contribution >= 0.6 is 0 Å². The van der Waals surface area contributed by atoms with Crippen LogP contribution in [0.1, 0.15) is 31.9 Å². The van der Waals surface area contributed by atoms with Gasteiger partial charge in [0, 0.05) is 0 Å². The Morgan fingerprint density at radius 1 is 1.08 bits per heavy atom. The first-order chi connectivity index (χ1) is 12.4. The minimum absolute atomic E-state index is 0.195. The summed E-state index contributed by atoms with van der Waals surface area (Å²) in [5.41, 5.74) is 0.329. The van der Waals surface area contributed by atoms with Crippen molar-refractivity contribution in [3.63, 3.8) is 0 Å². The van der Waals surface area contributed by atoms with Crippen LogP contribution in [0.25, 0.3) is 6.08 Å². The lowest BCUT2D eigenvalue weighted by molar-refractivity contribution is -0.187. The third kappa shape index (κ3) is 5.55. The van der Waals surface area contributed by atoms with Gasteiger partial charge in [-0.1, -0.05) is 72.8 Å². The molecule has 0 saturated carbocycles. The van der Waals surface area contributed by atoms with Crippen LogP contribution in [0, 0.1) is 0 Å². The molecule has 2 rings (SSSR count). The molecule has 26 heavy (non-hydrogen) atoms. The quantitative estimate of drug-likeness (QED) is 0.728. The van der Waals surface area contributed by atoms with Crippen molar-refractivity contribution in [2.24, 2.45) is 0 Å². The van der Waals surface area contributed by atoms with Gasteiger partial charge in [-0.15, -0.1) is 0 Å². The molecule has 0 radical (unpaired) electrons. The van der Waals surface area contributed by atoms with Crippen LogP contribution in [-0.4, -0.2) is 28.9 Å². The van der Waals surface area contributed by atoms with Gasteiger partial charge in [-0.3, -0.25) is 0 Å². The van der Waals surface area contributed by atoms with Crippen molar-refractivity contribution >= 4 is 12.0 Å². The zero-order valence-corrected chi connectivity index (χ0v) is 15.5. The number of aliphatic hydroxyl groups is 1. The lowest BCUT2D eigenvalue weighted by Gasteiger charge is -2.31. The largest absolute Gasteiger partial charge is 0.461 e. The van der Waals surface area contributed by atoms with E-state index in [4.69, 9.17) is 9.47 Å². The Kier molecular flexibility index (Phi) is 7.13. The van der Waals surface area contributed by atoms with Crippen molar-refractivity contribution in [1.82, 2.24) is 0 Å². The molecule has 0 amide bonds. The number of hydrogen-bond acceptors (Lipinski definition) is 4. The molecule has 0 spiro atoms. The van der Waals surface area contributed by atoms with Gasteiger partial charge in [0.2, 0.25) is 0 Å². The second-order valence-corrected chi connectivity index (χ2v) is 6.55. The first-order valence-corrected chi connectivity index (χ1v) is 8.72. The van der Waals surface area contributed by atoms with Crippen molar-refractivity contribution in [3.8, 4) is 0 Å². The highest BCUT2D eigenvalue weighted by Crippen LogP contribution is 2.23. The van der Waals surface area contributed by atoms with E-state index in [9.17, 15) is 9.90 Å². The fourth-order valence-electron chi connectivity index (χ4n) is 2.35. The third-order valence-corrected chi connectivity index (χ3v) is 3.96. The minimum Gasteiger partial charge on any atom is -0.461 e. The highest BCUT2D eigenvalue weighted by atomic mass is 16.6. The maximum absolute atomic E-state index is 12.6. The molecule has 0 heterocycles. The Balaban J connectivity index is 2.18. The van der Waals surface area contributed by atoms with Crippen LogP contribution in [0.2, 0.25) is 0 Å². The number of rotatable bonds is 8. The van der Waals surface area contributed by atoms with Crippen LogP contribution < -0.4 is 0 Å². The van der Waals surface area contributed by atoms with Crippen LogP contribution in [-0.2, 0) is 20.9 Å². The molecule has 0 fully saturated rings. The highest BCUT2D eigenvalue weighted by molar-refractivity contribution is 5.80. The van der Waals surface area contributed by atoms with E-state index in [1.807, 2.05) is 60.7 Å². The average Bonchev–Trinajstić information content (AvgIpc) is 2.65. The van der Waals surface area contributed by atoms with Gasteiger partial charge in [-0.2, -0.15) is 0 Å². The summed E-state index contributed by atoms with van der Waals surface area (Å²) in [7, 11) is 0. The number of hydrogen-bond donors (Lipinski definition) is 1. The molecular formula is C22H26O4.